The summed E-state index contributed by atoms with van der Waals surface area (Å²) in [4.78, 5) is 13.0. The van der Waals surface area contributed by atoms with E-state index in [9.17, 15) is 4.79 Å². The van der Waals surface area contributed by atoms with E-state index in [4.69, 9.17) is 13.9 Å². The van der Waals surface area contributed by atoms with Crippen molar-refractivity contribution in [1.29, 1.82) is 0 Å². The number of rotatable bonds is 7. The highest BCUT2D eigenvalue weighted by Crippen LogP contribution is 2.38. The van der Waals surface area contributed by atoms with Crippen LogP contribution < -0.4 is 10.4 Å². The second-order valence-electron chi connectivity index (χ2n) is 11.0. The summed E-state index contributed by atoms with van der Waals surface area (Å²) < 4.78 is 19.1. The van der Waals surface area contributed by atoms with Crippen LogP contribution in [0.25, 0.3) is 0 Å². The molecule has 2 aliphatic rings. The largest absolute Gasteiger partial charge is 0.453 e. The molecule has 2 aromatic carbocycles. The number of hydrogen-bond donors (Lipinski definition) is 0. The predicted octanol–water partition coefficient (Wildman–Crippen LogP) is 5.32. The molecule has 1 heterocycles. The average Bonchev–Trinajstić information content (AvgIpc) is 3.21. The zero-order valence-corrected chi connectivity index (χ0v) is 22.5. The molecule has 1 saturated heterocycles. The summed E-state index contributed by atoms with van der Waals surface area (Å²) in [5.74, 6) is -0.350. The van der Waals surface area contributed by atoms with Gasteiger partial charge in [0.1, 0.15) is 5.60 Å². The lowest BCUT2D eigenvalue weighted by Gasteiger charge is -2.43. The van der Waals surface area contributed by atoms with Crippen molar-refractivity contribution in [1.82, 2.24) is 0 Å². The standard InChI is InChI=1S/C30H38O4Si/c1-23-21-24(33-27(23)28(31)34-30(5)19-13-8-14-20-30)22-32-35(29(2,3)4,25-15-9-6-10-16-25)26-17-11-7-12-18-26/h6-7,9-13,15-19,24,27H,1,8,14,20-22H2,2-5H3/t24-,27-,30+/m0/s1. The van der Waals surface area contributed by atoms with E-state index in [0.29, 0.717) is 13.0 Å². The topological polar surface area (TPSA) is 44.8 Å². The van der Waals surface area contributed by atoms with Gasteiger partial charge in [0.05, 0.1) is 12.7 Å². The van der Waals surface area contributed by atoms with Gasteiger partial charge in [0, 0.05) is 0 Å². The van der Waals surface area contributed by atoms with Gasteiger partial charge in [0.15, 0.2) is 6.10 Å². The van der Waals surface area contributed by atoms with Crippen LogP contribution in [0.1, 0.15) is 53.4 Å². The van der Waals surface area contributed by atoms with Crippen molar-refractivity contribution >= 4 is 24.7 Å². The first-order valence-corrected chi connectivity index (χ1v) is 14.5. The second kappa shape index (κ2) is 10.3. The van der Waals surface area contributed by atoms with Gasteiger partial charge >= 0.3 is 5.97 Å². The molecule has 4 rings (SSSR count). The predicted molar refractivity (Wildman–Crippen MR) is 143 cm³/mol. The zero-order valence-electron chi connectivity index (χ0n) is 21.5. The minimum Gasteiger partial charge on any atom is -0.453 e. The van der Waals surface area contributed by atoms with Crippen LogP contribution >= 0.6 is 0 Å². The fourth-order valence-electron chi connectivity index (χ4n) is 5.39. The maximum absolute atomic E-state index is 13.0. The molecule has 186 valence electrons. The van der Waals surface area contributed by atoms with Crippen LogP contribution in [-0.4, -0.2) is 38.7 Å². The molecule has 1 aliphatic heterocycles. The lowest BCUT2D eigenvalue weighted by Crippen LogP contribution is -2.67. The normalized spacial score (nSPS) is 25.0. The Balaban J connectivity index is 1.54. The number of ether oxygens (including phenoxy) is 2. The third kappa shape index (κ3) is 5.37. The first-order valence-electron chi connectivity index (χ1n) is 12.6. The molecule has 0 saturated carbocycles. The highest BCUT2D eigenvalue weighted by Gasteiger charge is 2.51. The average molecular weight is 491 g/mol. The summed E-state index contributed by atoms with van der Waals surface area (Å²) in [7, 11) is -2.67. The number of benzene rings is 2. The number of carbonyl (C=O) groups excluding carboxylic acids is 1. The molecule has 35 heavy (non-hydrogen) atoms. The first kappa shape index (κ1) is 25.6. The minimum atomic E-state index is -2.67. The van der Waals surface area contributed by atoms with Crippen molar-refractivity contribution in [3.8, 4) is 0 Å². The number of allylic oxidation sites excluding steroid dienone is 1. The van der Waals surface area contributed by atoms with Crippen molar-refractivity contribution in [3.63, 3.8) is 0 Å². The molecule has 0 unspecified atom stereocenters. The van der Waals surface area contributed by atoms with E-state index in [0.717, 1.165) is 24.8 Å². The van der Waals surface area contributed by atoms with E-state index in [1.54, 1.807) is 0 Å². The SMILES string of the molecule is C=C1C[C@@H](CO[Si](c2ccccc2)(c2ccccc2)C(C)(C)C)O[C@@H]1C(=O)O[C@]1(C)C=CCCC1. The van der Waals surface area contributed by atoms with Crippen LogP contribution in [0.2, 0.25) is 5.04 Å². The molecule has 2 aromatic rings. The Labute approximate surface area is 211 Å². The van der Waals surface area contributed by atoms with Crippen LogP contribution in [0, 0.1) is 0 Å². The Hall–Kier alpha value is -2.47. The van der Waals surface area contributed by atoms with Gasteiger partial charge in [-0.3, -0.25) is 0 Å². The highest BCUT2D eigenvalue weighted by molar-refractivity contribution is 6.99. The lowest BCUT2D eigenvalue weighted by atomic mass is 9.93. The summed E-state index contributed by atoms with van der Waals surface area (Å²) >= 11 is 0. The molecule has 0 N–H and O–H groups in total. The fourth-order valence-corrected chi connectivity index (χ4v) is 9.98. The first-order chi connectivity index (χ1) is 16.6. The van der Waals surface area contributed by atoms with Gasteiger partial charge in [-0.2, -0.15) is 0 Å². The monoisotopic (exact) mass is 490 g/mol. The Morgan fingerprint density at radius 2 is 1.69 bits per heavy atom. The van der Waals surface area contributed by atoms with Gasteiger partial charge in [-0.25, -0.2) is 4.79 Å². The molecule has 1 aliphatic carbocycles. The molecule has 1 fully saturated rings. The summed E-state index contributed by atoms with van der Waals surface area (Å²) in [5, 5.41) is 2.33. The maximum Gasteiger partial charge on any atom is 0.340 e. The summed E-state index contributed by atoms with van der Waals surface area (Å²) in [5.41, 5.74) is 0.192. The molecule has 0 bridgehead atoms. The summed E-state index contributed by atoms with van der Waals surface area (Å²) in [6.45, 7) is 13.3. The molecule has 3 atom stereocenters. The summed E-state index contributed by atoms with van der Waals surface area (Å²) in [6, 6.07) is 21.1. The van der Waals surface area contributed by atoms with Crippen LogP contribution in [0.3, 0.4) is 0 Å². The van der Waals surface area contributed by atoms with Crippen molar-refractivity contribution in [2.75, 3.05) is 6.61 Å². The van der Waals surface area contributed by atoms with Crippen molar-refractivity contribution in [2.24, 2.45) is 0 Å². The number of carbonyl (C=O) groups is 1. The van der Waals surface area contributed by atoms with Gasteiger partial charge in [-0.15, -0.1) is 0 Å². The van der Waals surface area contributed by atoms with Gasteiger partial charge in [-0.05, 0) is 59.7 Å². The van der Waals surface area contributed by atoms with Crippen LogP contribution in [0.15, 0.2) is 85.0 Å². The Morgan fingerprint density at radius 3 is 2.20 bits per heavy atom. The van der Waals surface area contributed by atoms with E-state index >= 15 is 0 Å². The van der Waals surface area contributed by atoms with E-state index in [1.165, 1.54) is 10.4 Å². The Bertz CT molecular complexity index is 1020. The lowest BCUT2D eigenvalue weighted by molar-refractivity contribution is -0.166. The molecular weight excluding hydrogens is 452 g/mol. The zero-order chi connectivity index (χ0) is 25.1. The molecular formula is C30H38O4Si. The quantitative estimate of drug-likeness (QED) is 0.299. The fraction of sp³-hybridized carbons (Fsp3) is 0.433. The van der Waals surface area contributed by atoms with E-state index < -0.39 is 20.0 Å². The molecule has 5 heteroatoms. The highest BCUT2D eigenvalue weighted by atomic mass is 28.4. The summed E-state index contributed by atoms with van der Waals surface area (Å²) in [6.07, 6.45) is 6.56. The van der Waals surface area contributed by atoms with Crippen LogP contribution in [0.5, 0.6) is 0 Å². The number of esters is 1. The van der Waals surface area contributed by atoms with Gasteiger partial charge in [0.2, 0.25) is 0 Å². The Morgan fingerprint density at radius 1 is 1.09 bits per heavy atom. The van der Waals surface area contributed by atoms with Crippen molar-refractivity contribution in [2.45, 2.75) is 76.2 Å². The molecule has 0 aromatic heterocycles. The molecule has 0 amide bonds. The minimum absolute atomic E-state index is 0.119. The van der Waals surface area contributed by atoms with Crippen molar-refractivity contribution in [3.05, 3.63) is 85.0 Å². The van der Waals surface area contributed by atoms with E-state index in [-0.39, 0.29) is 17.1 Å². The van der Waals surface area contributed by atoms with Crippen LogP contribution in [-0.2, 0) is 18.7 Å². The maximum atomic E-state index is 13.0. The smallest absolute Gasteiger partial charge is 0.340 e. The van der Waals surface area contributed by atoms with E-state index in [1.807, 2.05) is 25.1 Å². The third-order valence-electron chi connectivity index (χ3n) is 7.15. The van der Waals surface area contributed by atoms with Gasteiger partial charge < -0.3 is 13.9 Å². The second-order valence-corrected chi connectivity index (χ2v) is 15.3. The van der Waals surface area contributed by atoms with Crippen molar-refractivity contribution < 1.29 is 18.7 Å². The molecule has 0 radical (unpaired) electrons. The molecule has 0 spiro atoms. The van der Waals surface area contributed by atoms with Crippen LogP contribution in [0.4, 0.5) is 0 Å². The number of hydrogen-bond acceptors (Lipinski definition) is 4. The van der Waals surface area contributed by atoms with Gasteiger partial charge in [0.25, 0.3) is 8.32 Å². The van der Waals surface area contributed by atoms with E-state index in [2.05, 4.69) is 82.0 Å². The third-order valence-corrected chi connectivity index (χ3v) is 12.2. The van der Waals surface area contributed by atoms with Gasteiger partial charge in [-0.1, -0.05) is 94.1 Å². The Kier molecular flexibility index (Phi) is 7.50. The molecule has 4 nitrogen and oxygen atoms in total.